The Morgan fingerprint density at radius 3 is 2.86 bits per heavy atom. The van der Waals surface area contributed by atoms with Gasteiger partial charge in [0.25, 0.3) is 6.01 Å². The highest BCUT2D eigenvalue weighted by molar-refractivity contribution is 7.51. The number of hydrogen-bond acceptors (Lipinski definition) is 7. The third kappa shape index (κ3) is 2.87. The molecule has 0 aliphatic carbocycles. The first kappa shape index (κ1) is 13.6. The standard InChI is InChI=1S/C10H10N5O5P/c11-7-6-9(14-8(13-7)5-2-1-3-19-5)15-10(12-6)20-4-21(16,17)18/h1-3H,4H2,(H2,16,17,18)(H3,11,12,13,14,15). The lowest BCUT2D eigenvalue weighted by molar-refractivity contribution is 0.289. The molecule has 10 nitrogen and oxygen atoms in total. The molecule has 0 atom stereocenters. The number of nitrogen functional groups attached to an aromatic ring is 1. The van der Waals surface area contributed by atoms with Gasteiger partial charge in [-0.3, -0.25) is 4.57 Å². The number of fused-ring (bicyclic) bond motifs is 1. The van der Waals surface area contributed by atoms with Crippen molar-refractivity contribution in [1.82, 2.24) is 19.9 Å². The number of nitrogens with zero attached hydrogens (tertiary/aromatic N) is 3. The minimum absolute atomic E-state index is 0.106. The summed E-state index contributed by atoms with van der Waals surface area (Å²) in [6.07, 6.45) is 0.670. The minimum atomic E-state index is -4.30. The number of nitrogens with one attached hydrogen (secondary N) is 1. The van der Waals surface area contributed by atoms with Crippen LogP contribution < -0.4 is 10.5 Å². The van der Waals surface area contributed by atoms with Crippen LogP contribution in [0.2, 0.25) is 0 Å². The molecular weight excluding hydrogens is 301 g/mol. The maximum absolute atomic E-state index is 10.8. The predicted molar refractivity (Wildman–Crippen MR) is 71.3 cm³/mol. The number of nitrogens with two attached hydrogens (primary N) is 1. The SMILES string of the molecule is Nc1nc(-c2ccco2)nc2nc(OCP(=O)(O)O)[nH]c12. The van der Waals surface area contributed by atoms with Gasteiger partial charge in [0.05, 0.1) is 6.26 Å². The predicted octanol–water partition coefficient (Wildman–Crippen LogP) is 0.709. The van der Waals surface area contributed by atoms with Gasteiger partial charge in [0.15, 0.2) is 29.4 Å². The van der Waals surface area contributed by atoms with Crippen molar-refractivity contribution >= 4 is 24.6 Å². The fourth-order valence-corrected chi connectivity index (χ4v) is 1.92. The number of anilines is 1. The van der Waals surface area contributed by atoms with Gasteiger partial charge in [-0.25, -0.2) is 9.97 Å². The number of imidazole rings is 1. The number of aromatic amines is 1. The Bertz CT molecular complexity index is 824. The summed E-state index contributed by atoms with van der Waals surface area (Å²) >= 11 is 0. The van der Waals surface area contributed by atoms with Crippen molar-refractivity contribution in [2.24, 2.45) is 0 Å². The highest BCUT2D eigenvalue weighted by Gasteiger charge is 2.17. The molecule has 0 saturated carbocycles. The Kier molecular flexibility index (Phi) is 3.13. The van der Waals surface area contributed by atoms with Gasteiger partial charge in [-0.05, 0) is 12.1 Å². The van der Waals surface area contributed by atoms with Crippen molar-refractivity contribution in [1.29, 1.82) is 0 Å². The lowest BCUT2D eigenvalue weighted by Crippen LogP contribution is -1.99. The molecule has 0 aliphatic heterocycles. The summed E-state index contributed by atoms with van der Waals surface area (Å²) in [7, 11) is -4.30. The lowest BCUT2D eigenvalue weighted by atomic mass is 10.4. The van der Waals surface area contributed by atoms with Gasteiger partial charge < -0.3 is 29.7 Å². The molecular formula is C10H10N5O5P. The summed E-state index contributed by atoms with van der Waals surface area (Å²) in [5.41, 5.74) is 6.30. The molecule has 0 fully saturated rings. The third-order valence-corrected chi connectivity index (χ3v) is 2.93. The van der Waals surface area contributed by atoms with Gasteiger partial charge in [0.1, 0.15) is 5.52 Å². The number of ether oxygens (including phenoxy) is 1. The van der Waals surface area contributed by atoms with Crippen LogP contribution in [0.5, 0.6) is 6.01 Å². The second-order valence-electron chi connectivity index (χ2n) is 4.09. The molecule has 0 bridgehead atoms. The van der Waals surface area contributed by atoms with Crippen LogP contribution in [0.3, 0.4) is 0 Å². The molecule has 21 heavy (non-hydrogen) atoms. The van der Waals surface area contributed by atoms with Crippen molar-refractivity contribution in [3.63, 3.8) is 0 Å². The average Bonchev–Trinajstić information content (AvgIpc) is 3.04. The zero-order chi connectivity index (χ0) is 15.0. The van der Waals surface area contributed by atoms with E-state index in [1.807, 2.05) is 0 Å². The first-order valence-electron chi connectivity index (χ1n) is 5.67. The summed E-state index contributed by atoms with van der Waals surface area (Å²) in [6.45, 7) is 0. The summed E-state index contributed by atoms with van der Waals surface area (Å²) in [6, 6.07) is 3.24. The van der Waals surface area contributed by atoms with E-state index in [1.54, 1.807) is 12.1 Å². The normalized spacial score (nSPS) is 11.9. The number of rotatable bonds is 4. The first-order valence-corrected chi connectivity index (χ1v) is 7.46. The highest BCUT2D eigenvalue weighted by atomic mass is 31.2. The molecule has 0 radical (unpaired) electrons. The molecule has 0 aliphatic rings. The van der Waals surface area contributed by atoms with E-state index >= 15 is 0 Å². The molecule has 3 rings (SSSR count). The molecule has 0 unspecified atom stereocenters. The van der Waals surface area contributed by atoms with Crippen molar-refractivity contribution in [2.75, 3.05) is 12.1 Å². The van der Waals surface area contributed by atoms with Crippen LogP contribution >= 0.6 is 7.60 Å². The third-order valence-electron chi connectivity index (χ3n) is 2.47. The molecule has 11 heteroatoms. The van der Waals surface area contributed by atoms with Crippen LogP contribution in [0.1, 0.15) is 0 Å². The first-order chi connectivity index (χ1) is 9.92. The number of H-pyrrole nitrogens is 1. The Labute approximate surface area is 117 Å². The van der Waals surface area contributed by atoms with Crippen LogP contribution in [0.15, 0.2) is 22.8 Å². The van der Waals surface area contributed by atoms with E-state index in [-0.39, 0.29) is 23.3 Å². The fourth-order valence-electron chi connectivity index (χ4n) is 1.63. The molecule has 3 heterocycles. The van der Waals surface area contributed by atoms with Crippen molar-refractivity contribution in [2.45, 2.75) is 0 Å². The molecule has 0 saturated heterocycles. The summed E-state index contributed by atoms with van der Waals surface area (Å²) in [5, 5.41) is 0. The van der Waals surface area contributed by atoms with Gasteiger partial charge in [-0.15, -0.1) is 0 Å². The van der Waals surface area contributed by atoms with E-state index in [2.05, 4.69) is 19.9 Å². The second kappa shape index (κ2) is 4.85. The van der Waals surface area contributed by atoms with E-state index in [0.29, 0.717) is 11.3 Å². The minimum Gasteiger partial charge on any atom is -0.461 e. The van der Waals surface area contributed by atoms with Gasteiger partial charge in [-0.1, -0.05) is 0 Å². The zero-order valence-corrected chi connectivity index (χ0v) is 11.3. The zero-order valence-electron chi connectivity index (χ0n) is 10.4. The molecule has 3 aromatic rings. The topological polar surface area (TPSA) is 160 Å². The quantitative estimate of drug-likeness (QED) is 0.508. The number of furan rings is 1. The summed E-state index contributed by atoms with van der Waals surface area (Å²) in [5.74, 6) is 0.784. The van der Waals surface area contributed by atoms with Crippen LogP contribution in [0, 0.1) is 0 Å². The van der Waals surface area contributed by atoms with E-state index in [0.717, 1.165) is 0 Å². The van der Waals surface area contributed by atoms with Gasteiger partial charge in [-0.2, -0.15) is 4.98 Å². The highest BCUT2D eigenvalue weighted by Crippen LogP contribution is 2.34. The number of hydrogen-bond donors (Lipinski definition) is 4. The second-order valence-corrected chi connectivity index (χ2v) is 5.68. The van der Waals surface area contributed by atoms with E-state index in [4.69, 9.17) is 24.7 Å². The van der Waals surface area contributed by atoms with E-state index < -0.39 is 13.9 Å². The maximum Gasteiger partial charge on any atom is 0.362 e. The van der Waals surface area contributed by atoms with Crippen molar-refractivity contribution in [3.05, 3.63) is 18.4 Å². The monoisotopic (exact) mass is 311 g/mol. The summed E-state index contributed by atoms with van der Waals surface area (Å²) in [4.78, 5) is 32.3. The van der Waals surface area contributed by atoms with Crippen molar-refractivity contribution < 1.29 is 23.5 Å². The van der Waals surface area contributed by atoms with Gasteiger partial charge in [0.2, 0.25) is 0 Å². The smallest absolute Gasteiger partial charge is 0.362 e. The van der Waals surface area contributed by atoms with Crippen LogP contribution in [-0.2, 0) is 4.57 Å². The lowest BCUT2D eigenvalue weighted by Gasteiger charge is -2.02. The molecule has 0 amide bonds. The largest absolute Gasteiger partial charge is 0.461 e. The van der Waals surface area contributed by atoms with Gasteiger partial charge >= 0.3 is 7.60 Å². The van der Waals surface area contributed by atoms with E-state index in [1.165, 1.54) is 6.26 Å². The van der Waals surface area contributed by atoms with Crippen LogP contribution in [0.4, 0.5) is 5.82 Å². The number of aromatic nitrogens is 4. The fraction of sp³-hybridized carbons (Fsp3) is 0.100. The van der Waals surface area contributed by atoms with Crippen LogP contribution in [0.25, 0.3) is 22.7 Å². The Balaban J connectivity index is 1.97. The molecule has 0 aromatic carbocycles. The Morgan fingerprint density at radius 1 is 1.38 bits per heavy atom. The average molecular weight is 311 g/mol. The van der Waals surface area contributed by atoms with Crippen LogP contribution in [-0.4, -0.2) is 36.1 Å². The molecule has 0 spiro atoms. The molecule has 5 N–H and O–H groups in total. The molecule has 110 valence electrons. The Hall–Kier alpha value is -2.42. The van der Waals surface area contributed by atoms with Gasteiger partial charge in [0, 0.05) is 0 Å². The summed E-state index contributed by atoms with van der Waals surface area (Å²) < 4.78 is 20.8. The maximum atomic E-state index is 10.8. The molecule has 3 aromatic heterocycles. The van der Waals surface area contributed by atoms with E-state index in [9.17, 15) is 4.57 Å². The Morgan fingerprint density at radius 2 is 2.19 bits per heavy atom. The van der Waals surface area contributed by atoms with Crippen molar-refractivity contribution in [3.8, 4) is 17.6 Å².